The van der Waals surface area contributed by atoms with Crippen LogP contribution in [-0.2, 0) is 14.8 Å². The van der Waals surface area contributed by atoms with Gasteiger partial charge in [-0.15, -0.1) is 0 Å². The van der Waals surface area contributed by atoms with Crippen LogP contribution in [0.5, 0.6) is 5.75 Å². The first kappa shape index (κ1) is 16.3. The third kappa shape index (κ3) is 3.75. The second-order valence-electron chi connectivity index (χ2n) is 5.47. The molecule has 1 aliphatic rings. The molecule has 0 bridgehead atoms. The Morgan fingerprint density at radius 3 is 2.52 bits per heavy atom. The Kier molecular flexibility index (Phi) is 4.91. The van der Waals surface area contributed by atoms with Crippen molar-refractivity contribution in [3.8, 4) is 5.75 Å². The highest BCUT2D eigenvalue weighted by Gasteiger charge is 2.43. The van der Waals surface area contributed by atoms with Gasteiger partial charge in [-0.3, -0.25) is 0 Å². The zero-order valence-corrected chi connectivity index (χ0v) is 13.6. The topological polar surface area (TPSA) is 55.8 Å². The van der Waals surface area contributed by atoms with Gasteiger partial charge in [-0.2, -0.15) is 4.31 Å². The van der Waals surface area contributed by atoms with Gasteiger partial charge in [0.15, 0.2) is 0 Å². The van der Waals surface area contributed by atoms with Gasteiger partial charge in [0.25, 0.3) is 0 Å². The van der Waals surface area contributed by atoms with Crippen LogP contribution in [0.15, 0.2) is 24.3 Å². The Hall–Kier alpha value is -1.11. The van der Waals surface area contributed by atoms with E-state index in [9.17, 15) is 8.42 Å². The molecule has 1 aromatic rings. The molecular weight excluding hydrogens is 290 g/mol. The molecule has 1 atom stereocenters. The zero-order valence-electron chi connectivity index (χ0n) is 12.8. The van der Waals surface area contributed by atoms with Crippen molar-refractivity contribution in [1.82, 2.24) is 4.31 Å². The summed E-state index contributed by atoms with van der Waals surface area (Å²) in [7, 11) is -1.56. The molecule has 0 radical (unpaired) electrons. The standard InChI is InChI=1S/C15H23NO4S/c1-4-21(17,18)16-10-9-15(11-16,19-3)12-20-14-7-5-13(2)6-8-14/h5-8H,4,9-12H2,1-3H3. The van der Waals surface area contributed by atoms with E-state index in [0.717, 1.165) is 5.75 Å². The minimum absolute atomic E-state index is 0.117. The van der Waals surface area contributed by atoms with Gasteiger partial charge in [0, 0.05) is 20.2 Å². The van der Waals surface area contributed by atoms with Gasteiger partial charge >= 0.3 is 0 Å². The highest BCUT2D eigenvalue weighted by molar-refractivity contribution is 7.89. The lowest BCUT2D eigenvalue weighted by Gasteiger charge is -2.27. The van der Waals surface area contributed by atoms with Gasteiger partial charge in [-0.05, 0) is 32.4 Å². The van der Waals surface area contributed by atoms with Crippen molar-refractivity contribution in [2.45, 2.75) is 25.9 Å². The van der Waals surface area contributed by atoms with E-state index in [2.05, 4.69) is 0 Å². The third-order valence-electron chi connectivity index (χ3n) is 4.00. The average Bonchev–Trinajstić information content (AvgIpc) is 2.93. The fraction of sp³-hybridized carbons (Fsp3) is 0.600. The second-order valence-corrected chi connectivity index (χ2v) is 7.73. The monoisotopic (exact) mass is 313 g/mol. The number of aryl methyl sites for hydroxylation is 1. The van der Waals surface area contributed by atoms with Crippen LogP contribution in [0, 0.1) is 6.92 Å². The van der Waals surface area contributed by atoms with Crippen molar-refractivity contribution in [1.29, 1.82) is 0 Å². The zero-order chi connectivity index (χ0) is 15.5. The molecule has 1 fully saturated rings. The minimum Gasteiger partial charge on any atom is -0.491 e. The number of hydrogen-bond acceptors (Lipinski definition) is 4. The number of hydrogen-bond donors (Lipinski definition) is 0. The van der Waals surface area contributed by atoms with E-state index in [0.29, 0.717) is 26.1 Å². The van der Waals surface area contributed by atoms with Crippen LogP contribution in [0.3, 0.4) is 0 Å². The smallest absolute Gasteiger partial charge is 0.213 e. The molecule has 1 heterocycles. The summed E-state index contributed by atoms with van der Waals surface area (Å²) in [5.41, 5.74) is 0.609. The maximum Gasteiger partial charge on any atom is 0.213 e. The number of ether oxygens (including phenoxy) is 2. The van der Waals surface area contributed by atoms with E-state index in [1.54, 1.807) is 14.0 Å². The predicted octanol–water partition coefficient (Wildman–Crippen LogP) is 1.81. The summed E-state index contributed by atoms with van der Waals surface area (Å²) >= 11 is 0. The summed E-state index contributed by atoms with van der Waals surface area (Å²) in [6, 6.07) is 7.79. The van der Waals surface area contributed by atoms with Gasteiger partial charge < -0.3 is 9.47 Å². The summed E-state index contributed by atoms with van der Waals surface area (Å²) in [6.07, 6.45) is 0.647. The summed E-state index contributed by atoms with van der Waals surface area (Å²) < 4.78 is 36.8. The van der Waals surface area contributed by atoms with Crippen molar-refractivity contribution >= 4 is 10.0 Å². The molecule has 6 heteroatoms. The quantitative estimate of drug-likeness (QED) is 0.804. The minimum atomic E-state index is -3.17. The molecule has 5 nitrogen and oxygen atoms in total. The van der Waals surface area contributed by atoms with Crippen LogP contribution in [-0.4, -0.2) is 50.9 Å². The molecule has 1 aliphatic heterocycles. The van der Waals surface area contributed by atoms with Crippen LogP contribution < -0.4 is 4.74 Å². The van der Waals surface area contributed by atoms with Crippen LogP contribution in [0.25, 0.3) is 0 Å². The Balaban J connectivity index is 2.01. The molecule has 0 aromatic heterocycles. The Morgan fingerprint density at radius 1 is 1.29 bits per heavy atom. The predicted molar refractivity (Wildman–Crippen MR) is 82.1 cm³/mol. The lowest BCUT2D eigenvalue weighted by Crippen LogP contribution is -2.42. The molecule has 1 saturated heterocycles. The molecule has 0 spiro atoms. The fourth-order valence-electron chi connectivity index (χ4n) is 2.42. The van der Waals surface area contributed by atoms with Crippen LogP contribution in [0.4, 0.5) is 0 Å². The number of nitrogens with zero attached hydrogens (tertiary/aromatic N) is 1. The summed E-state index contributed by atoms with van der Waals surface area (Å²) in [6.45, 7) is 4.87. The van der Waals surface area contributed by atoms with Gasteiger partial charge in [-0.25, -0.2) is 8.42 Å². The summed E-state index contributed by atoms with van der Waals surface area (Å²) in [5.74, 6) is 0.889. The fourth-order valence-corrected chi connectivity index (χ4v) is 3.59. The SMILES string of the molecule is CCS(=O)(=O)N1CCC(COc2ccc(C)cc2)(OC)C1. The maximum atomic E-state index is 11.9. The highest BCUT2D eigenvalue weighted by Crippen LogP contribution is 2.28. The Bertz CT molecular complexity index is 570. The molecule has 2 rings (SSSR count). The van der Waals surface area contributed by atoms with E-state index >= 15 is 0 Å². The first-order valence-corrected chi connectivity index (χ1v) is 8.74. The van der Waals surface area contributed by atoms with Crippen LogP contribution >= 0.6 is 0 Å². The third-order valence-corrected chi connectivity index (χ3v) is 5.82. The van der Waals surface area contributed by atoms with Gasteiger partial charge in [0.1, 0.15) is 18.0 Å². The van der Waals surface area contributed by atoms with E-state index in [-0.39, 0.29) is 5.75 Å². The number of sulfonamides is 1. The van der Waals surface area contributed by atoms with Crippen LogP contribution in [0.2, 0.25) is 0 Å². The lowest BCUT2D eigenvalue weighted by atomic mass is 10.1. The highest BCUT2D eigenvalue weighted by atomic mass is 32.2. The van der Waals surface area contributed by atoms with Crippen molar-refractivity contribution in [2.24, 2.45) is 0 Å². The largest absolute Gasteiger partial charge is 0.491 e. The summed E-state index contributed by atoms with van der Waals surface area (Å²) in [5, 5.41) is 0. The molecule has 0 saturated carbocycles. The molecule has 0 aliphatic carbocycles. The normalized spacial score (nSPS) is 23.4. The number of benzene rings is 1. The lowest BCUT2D eigenvalue weighted by molar-refractivity contribution is -0.0317. The molecule has 0 amide bonds. The first-order valence-electron chi connectivity index (χ1n) is 7.13. The van der Waals surface area contributed by atoms with E-state index < -0.39 is 15.6 Å². The maximum absolute atomic E-state index is 11.9. The number of rotatable bonds is 6. The molecule has 1 unspecified atom stereocenters. The van der Waals surface area contributed by atoms with E-state index in [1.807, 2.05) is 31.2 Å². The molecule has 0 N–H and O–H groups in total. The van der Waals surface area contributed by atoms with Crippen molar-refractivity contribution in [2.75, 3.05) is 32.6 Å². The first-order chi connectivity index (χ1) is 9.91. The molecule has 1 aromatic carbocycles. The van der Waals surface area contributed by atoms with Gasteiger partial charge in [0.2, 0.25) is 10.0 Å². The van der Waals surface area contributed by atoms with E-state index in [1.165, 1.54) is 9.87 Å². The van der Waals surface area contributed by atoms with Gasteiger partial charge in [-0.1, -0.05) is 17.7 Å². The average molecular weight is 313 g/mol. The van der Waals surface area contributed by atoms with Crippen molar-refractivity contribution in [3.63, 3.8) is 0 Å². The van der Waals surface area contributed by atoms with Crippen molar-refractivity contribution < 1.29 is 17.9 Å². The van der Waals surface area contributed by atoms with Crippen LogP contribution in [0.1, 0.15) is 18.9 Å². The Labute approximate surface area is 126 Å². The van der Waals surface area contributed by atoms with Crippen molar-refractivity contribution in [3.05, 3.63) is 29.8 Å². The van der Waals surface area contributed by atoms with E-state index in [4.69, 9.17) is 9.47 Å². The summed E-state index contributed by atoms with van der Waals surface area (Å²) in [4.78, 5) is 0. The second kappa shape index (κ2) is 6.34. The molecular formula is C15H23NO4S. The number of methoxy groups -OCH3 is 1. The van der Waals surface area contributed by atoms with Gasteiger partial charge in [0.05, 0.1) is 5.75 Å². The Morgan fingerprint density at radius 2 is 1.95 bits per heavy atom. The molecule has 118 valence electrons. The molecule has 21 heavy (non-hydrogen) atoms.